The van der Waals surface area contributed by atoms with Gasteiger partial charge in [-0.1, -0.05) is 29.8 Å². The Morgan fingerprint density at radius 1 is 1.00 bits per heavy atom. The number of hydrogen-bond donors (Lipinski definition) is 2. The van der Waals surface area contributed by atoms with E-state index >= 15 is 0 Å². The van der Waals surface area contributed by atoms with Gasteiger partial charge in [0.1, 0.15) is 5.75 Å². The van der Waals surface area contributed by atoms with Crippen molar-refractivity contribution in [3.8, 4) is 5.75 Å². The molecule has 0 unspecified atom stereocenters. The monoisotopic (exact) mass is 444 g/mol. The molecule has 6 nitrogen and oxygen atoms in total. The van der Waals surface area contributed by atoms with Crippen LogP contribution in [0.4, 0.5) is 11.4 Å². The number of amides is 1. The molecule has 0 heterocycles. The SMILES string of the molecule is Cc1ccc(C)c(NS(=O)(=O)c2ccc(NC(=O)COc3cccc(Cl)c3)cc2)c1. The smallest absolute Gasteiger partial charge is 0.262 e. The standard InChI is InChI=1S/C22H21ClN2O4S/c1-15-6-7-16(2)21(12-15)25-30(27,28)20-10-8-18(9-11-20)24-22(26)14-29-19-5-3-4-17(23)13-19/h3-13,25H,14H2,1-2H3,(H,24,26). The van der Waals surface area contributed by atoms with Crippen LogP contribution < -0.4 is 14.8 Å². The molecule has 0 aliphatic heterocycles. The first-order chi connectivity index (χ1) is 14.2. The van der Waals surface area contributed by atoms with E-state index in [2.05, 4.69) is 10.0 Å². The summed E-state index contributed by atoms with van der Waals surface area (Å²) in [5, 5.41) is 3.17. The maximum Gasteiger partial charge on any atom is 0.262 e. The minimum atomic E-state index is -3.75. The molecule has 3 aromatic carbocycles. The molecule has 1 amide bonds. The minimum Gasteiger partial charge on any atom is -0.484 e. The van der Waals surface area contributed by atoms with Crippen LogP contribution in [0.1, 0.15) is 11.1 Å². The van der Waals surface area contributed by atoms with E-state index in [9.17, 15) is 13.2 Å². The third-order valence-corrected chi connectivity index (χ3v) is 5.87. The second-order valence-corrected chi connectivity index (χ2v) is 8.86. The number of sulfonamides is 1. The molecule has 2 N–H and O–H groups in total. The molecule has 0 aromatic heterocycles. The molecule has 3 aromatic rings. The Kier molecular flexibility index (Phi) is 6.64. The lowest BCUT2D eigenvalue weighted by Crippen LogP contribution is -2.20. The molecule has 156 valence electrons. The molecule has 0 bridgehead atoms. The van der Waals surface area contributed by atoms with Gasteiger partial charge in [-0.2, -0.15) is 0 Å². The van der Waals surface area contributed by atoms with E-state index < -0.39 is 10.0 Å². The molecular formula is C22H21ClN2O4S. The second-order valence-electron chi connectivity index (χ2n) is 6.74. The van der Waals surface area contributed by atoms with Gasteiger partial charge in [0, 0.05) is 10.7 Å². The Hall–Kier alpha value is -3.03. The van der Waals surface area contributed by atoms with Gasteiger partial charge in [0.15, 0.2) is 6.61 Å². The van der Waals surface area contributed by atoms with E-state index in [1.807, 2.05) is 26.0 Å². The van der Waals surface area contributed by atoms with Crippen molar-refractivity contribution in [1.29, 1.82) is 0 Å². The number of halogens is 1. The Morgan fingerprint density at radius 3 is 2.43 bits per heavy atom. The fourth-order valence-corrected chi connectivity index (χ4v) is 3.97. The number of nitrogens with one attached hydrogen (secondary N) is 2. The highest BCUT2D eigenvalue weighted by molar-refractivity contribution is 7.92. The molecule has 3 rings (SSSR count). The number of carbonyl (C=O) groups excluding carboxylic acids is 1. The highest BCUT2D eigenvalue weighted by atomic mass is 35.5. The van der Waals surface area contributed by atoms with Crippen molar-refractivity contribution in [3.63, 3.8) is 0 Å². The predicted molar refractivity (Wildman–Crippen MR) is 119 cm³/mol. The highest BCUT2D eigenvalue weighted by Gasteiger charge is 2.15. The molecular weight excluding hydrogens is 424 g/mol. The summed E-state index contributed by atoms with van der Waals surface area (Å²) in [6, 6.07) is 18.2. The average molecular weight is 445 g/mol. The molecule has 8 heteroatoms. The number of ether oxygens (including phenoxy) is 1. The number of aryl methyl sites for hydroxylation is 2. The van der Waals surface area contributed by atoms with Gasteiger partial charge in [-0.25, -0.2) is 8.42 Å². The van der Waals surface area contributed by atoms with E-state index in [4.69, 9.17) is 16.3 Å². The van der Waals surface area contributed by atoms with Crippen LogP contribution in [0, 0.1) is 13.8 Å². The van der Waals surface area contributed by atoms with Crippen molar-refractivity contribution >= 4 is 38.9 Å². The van der Waals surface area contributed by atoms with Crippen molar-refractivity contribution in [2.45, 2.75) is 18.7 Å². The molecule has 0 saturated heterocycles. The summed E-state index contributed by atoms with van der Waals surface area (Å²) in [6.45, 7) is 3.53. The van der Waals surface area contributed by atoms with Gasteiger partial charge < -0.3 is 10.1 Å². The third kappa shape index (κ3) is 5.75. The zero-order valence-corrected chi connectivity index (χ0v) is 18.0. The molecule has 30 heavy (non-hydrogen) atoms. The topological polar surface area (TPSA) is 84.5 Å². The van der Waals surface area contributed by atoms with Gasteiger partial charge in [0.2, 0.25) is 0 Å². The summed E-state index contributed by atoms with van der Waals surface area (Å²) < 4.78 is 33.3. The molecule has 0 spiro atoms. The lowest BCUT2D eigenvalue weighted by atomic mass is 10.1. The van der Waals surface area contributed by atoms with Crippen LogP contribution in [0.15, 0.2) is 71.6 Å². The summed E-state index contributed by atoms with van der Waals surface area (Å²) in [4.78, 5) is 12.2. The predicted octanol–water partition coefficient (Wildman–Crippen LogP) is 4.78. The van der Waals surface area contributed by atoms with E-state index in [1.165, 1.54) is 24.3 Å². The average Bonchev–Trinajstić information content (AvgIpc) is 2.69. The van der Waals surface area contributed by atoms with Gasteiger partial charge >= 0.3 is 0 Å². The van der Waals surface area contributed by atoms with E-state index in [1.54, 1.807) is 30.3 Å². The van der Waals surface area contributed by atoms with Crippen molar-refractivity contribution in [2.75, 3.05) is 16.6 Å². The van der Waals surface area contributed by atoms with Crippen LogP contribution in [0.5, 0.6) is 5.75 Å². The molecule has 0 fully saturated rings. The van der Waals surface area contributed by atoms with Crippen LogP contribution in [0.2, 0.25) is 5.02 Å². The van der Waals surface area contributed by atoms with Gasteiger partial charge in [-0.3, -0.25) is 9.52 Å². The Morgan fingerprint density at radius 2 is 1.73 bits per heavy atom. The zero-order valence-electron chi connectivity index (χ0n) is 16.5. The van der Waals surface area contributed by atoms with Crippen LogP contribution in [0.3, 0.4) is 0 Å². The van der Waals surface area contributed by atoms with Gasteiger partial charge in [-0.15, -0.1) is 0 Å². The largest absolute Gasteiger partial charge is 0.484 e. The molecule has 0 saturated carbocycles. The van der Waals surface area contributed by atoms with Gasteiger partial charge in [0.25, 0.3) is 15.9 Å². The summed E-state index contributed by atoms with van der Waals surface area (Å²) in [6.07, 6.45) is 0. The third-order valence-electron chi connectivity index (χ3n) is 4.25. The van der Waals surface area contributed by atoms with Crippen LogP contribution in [0.25, 0.3) is 0 Å². The van der Waals surface area contributed by atoms with Crippen LogP contribution in [-0.2, 0) is 14.8 Å². The number of rotatable bonds is 7. The Bertz CT molecular complexity index is 1160. The summed E-state index contributed by atoms with van der Waals surface area (Å²) in [5.41, 5.74) is 2.77. The zero-order chi connectivity index (χ0) is 21.7. The number of hydrogen-bond acceptors (Lipinski definition) is 4. The van der Waals surface area contributed by atoms with E-state index in [0.717, 1.165) is 11.1 Å². The van der Waals surface area contributed by atoms with Gasteiger partial charge in [0.05, 0.1) is 10.6 Å². The molecule has 0 atom stereocenters. The lowest BCUT2D eigenvalue weighted by molar-refractivity contribution is -0.118. The lowest BCUT2D eigenvalue weighted by Gasteiger charge is -2.12. The second kappa shape index (κ2) is 9.19. The first-order valence-electron chi connectivity index (χ1n) is 9.11. The summed E-state index contributed by atoms with van der Waals surface area (Å²) in [5.74, 6) is 0.107. The van der Waals surface area contributed by atoms with Gasteiger partial charge in [-0.05, 0) is 73.5 Å². The summed E-state index contributed by atoms with van der Waals surface area (Å²) >= 11 is 5.87. The number of carbonyl (C=O) groups is 1. The molecule has 0 aliphatic rings. The normalized spacial score (nSPS) is 11.0. The van der Waals surface area contributed by atoms with Crippen molar-refractivity contribution in [2.24, 2.45) is 0 Å². The fourth-order valence-electron chi connectivity index (χ4n) is 2.67. The molecule has 0 radical (unpaired) electrons. The quantitative estimate of drug-likeness (QED) is 0.549. The maximum absolute atomic E-state index is 12.7. The highest BCUT2D eigenvalue weighted by Crippen LogP contribution is 2.22. The van der Waals surface area contributed by atoms with E-state index in [0.29, 0.717) is 22.1 Å². The number of anilines is 2. The number of benzene rings is 3. The van der Waals surface area contributed by atoms with Crippen molar-refractivity contribution < 1.29 is 17.9 Å². The van der Waals surface area contributed by atoms with E-state index in [-0.39, 0.29) is 17.4 Å². The van der Waals surface area contributed by atoms with Crippen molar-refractivity contribution in [1.82, 2.24) is 0 Å². The molecule has 0 aliphatic carbocycles. The van der Waals surface area contributed by atoms with Crippen LogP contribution in [-0.4, -0.2) is 20.9 Å². The Labute approximate surface area is 180 Å². The Balaban J connectivity index is 1.62. The first-order valence-corrected chi connectivity index (χ1v) is 11.0. The summed E-state index contributed by atoms with van der Waals surface area (Å²) in [7, 11) is -3.75. The minimum absolute atomic E-state index is 0.0941. The van der Waals surface area contributed by atoms with Crippen molar-refractivity contribution in [3.05, 3.63) is 82.9 Å². The van der Waals surface area contributed by atoms with Crippen LogP contribution >= 0.6 is 11.6 Å². The fraction of sp³-hybridized carbons (Fsp3) is 0.136. The first kappa shape index (κ1) is 21.7. The maximum atomic E-state index is 12.7.